The number of carbonyl (C=O) groups is 2. The number of ether oxygens (including phenoxy) is 1. The van der Waals surface area contributed by atoms with Gasteiger partial charge in [-0.25, -0.2) is 0 Å². The van der Waals surface area contributed by atoms with Gasteiger partial charge in [-0.3, -0.25) is 19.5 Å². The molecule has 1 saturated heterocycles. The largest absolute Gasteiger partial charge is 0.494 e. The molecule has 0 atom stereocenters. The number of piperidine rings is 1. The predicted octanol–water partition coefficient (Wildman–Crippen LogP) is 2.02. The van der Waals surface area contributed by atoms with Gasteiger partial charge < -0.3 is 15.0 Å². The topological polar surface area (TPSA) is 74.2 Å². The Kier molecular flexibility index (Phi) is 8.10. The number of benzene rings is 1. The van der Waals surface area contributed by atoms with Crippen molar-refractivity contribution in [3.05, 3.63) is 29.8 Å². The Morgan fingerprint density at radius 2 is 1.85 bits per heavy atom. The Morgan fingerprint density at radius 3 is 2.44 bits per heavy atom. The number of nitrogens with one attached hydrogen (secondary N) is 1. The van der Waals surface area contributed by atoms with Gasteiger partial charge in [0.15, 0.2) is 5.96 Å². The molecule has 0 radical (unpaired) electrons. The number of amides is 2. The van der Waals surface area contributed by atoms with Crippen molar-refractivity contribution < 1.29 is 14.3 Å². The molecule has 1 aromatic carbocycles. The summed E-state index contributed by atoms with van der Waals surface area (Å²) in [5, 5.41) is 3.26. The summed E-state index contributed by atoms with van der Waals surface area (Å²) in [6.45, 7) is 6.80. The molecule has 2 rings (SSSR count). The second-order valence-corrected chi connectivity index (χ2v) is 6.46. The zero-order valence-corrected chi connectivity index (χ0v) is 16.5. The average Bonchev–Trinajstić information content (AvgIpc) is 2.65. The molecule has 7 heteroatoms. The molecule has 0 bridgehead atoms. The van der Waals surface area contributed by atoms with Gasteiger partial charge in [-0.2, -0.15) is 0 Å². The SMILES string of the molecule is CCNC(=NCCN1C(=O)CCCC1=O)N(C)Cc1ccc(OCC)cc1. The van der Waals surface area contributed by atoms with Crippen LogP contribution in [0.5, 0.6) is 5.75 Å². The number of likely N-dealkylation sites (tertiary alicyclic amines) is 1. The van der Waals surface area contributed by atoms with Crippen LogP contribution in [0.15, 0.2) is 29.3 Å². The highest BCUT2D eigenvalue weighted by molar-refractivity contribution is 5.97. The van der Waals surface area contributed by atoms with Crippen LogP contribution in [0.1, 0.15) is 38.7 Å². The third-order valence-corrected chi connectivity index (χ3v) is 4.32. The van der Waals surface area contributed by atoms with E-state index in [1.165, 1.54) is 4.90 Å². The molecule has 1 heterocycles. The maximum Gasteiger partial charge on any atom is 0.229 e. The summed E-state index contributed by atoms with van der Waals surface area (Å²) in [5.74, 6) is 1.44. The molecule has 0 saturated carbocycles. The lowest BCUT2D eigenvalue weighted by Crippen LogP contribution is -2.42. The Hall–Kier alpha value is -2.57. The summed E-state index contributed by atoms with van der Waals surface area (Å²) in [4.78, 5) is 31.7. The molecule has 1 aliphatic heterocycles. The van der Waals surface area contributed by atoms with Crippen LogP contribution in [-0.2, 0) is 16.1 Å². The first-order valence-electron chi connectivity index (χ1n) is 9.59. The minimum Gasteiger partial charge on any atom is -0.494 e. The summed E-state index contributed by atoms with van der Waals surface area (Å²) in [6, 6.07) is 8.00. The van der Waals surface area contributed by atoms with Crippen molar-refractivity contribution >= 4 is 17.8 Å². The van der Waals surface area contributed by atoms with E-state index in [1.54, 1.807) is 0 Å². The zero-order valence-electron chi connectivity index (χ0n) is 16.5. The maximum absolute atomic E-state index is 11.9. The van der Waals surface area contributed by atoms with Crippen LogP contribution in [0.2, 0.25) is 0 Å². The molecule has 7 nitrogen and oxygen atoms in total. The van der Waals surface area contributed by atoms with Crippen LogP contribution in [0, 0.1) is 0 Å². The quantitative estimate of drug-likeness (QED) is 0.428. The number of rotatable bonds is 8. The first-order valence-corrected chi connectivity index (χ1v) is 9.59. The van der Waals surface area contributed by atoms with Gasteiger partial charge in [-0.1, -0.05) is 12.1 Å². The molecule has 1 N–H and O–H groups in total. The van der Waals surface area contributed by atoms with Crippen LogP contribution >= 0.6 is 0 Å². The van der Waals surface area contributed by atoms with Gasteiger partial charge in [0.05, 0.1) is 13.2 Å². The summed E-state index contributed by atoms with van der Waals surface area (Å²) in [5.41, 5.74) is 1.15. The molecule has 0 aromatic heterocycles. The predicted molar refractivity (Wildman–Crippen MR) is 106 cm³/mol. The van der Waals surface area contributed by atoms with E-state index in [0.29, 0.717) is 45.5 Å². The first kappa shape index (κ1) is 20.7. The van der Waals surface area contributed by atoms with E-state index < -0.39 is 0 Å². The van der Waals surface area contributed by atoms with E-state index in [0.717, 1.165) is 23.8 Å². The second-order valence-electron chi connectivity index (χ2n) is 6.46. The average molecular weight is 374 g/mol. The van der Waals surface area contributed by atoms with Crippen molar-refractivity contribution in [1.29, 1.82) is 0 Å². The lowest BCUT2D eigenvalue weighted by atomic mass is 10.1. The Bertz CT molecular complexity index is 642. The highest BCUT2D eigenvalue weighted by atomic mass is 16.5. The van der Waals surface area contributed by atoms with E-state index in [-0.39, 0.29) is 11.8 Å². The number of aliphatic imine (C=N–C) groups is 1. The molecule has 27 heavy (non-hydrogen) atoms. The lowest BCUT2D eigenvalue weighted by Gasteiger charge is -2.25. The van der Waals surface area contributed by atoms with Crippen molar-refractivity contribution in [1.82, 2.24) is 15.1 Å². The smallest absolute Gasteiger partial charge is 0.229 e. The van der Waals surface area contributed by atoms with Crippen LogP contribution in [-0.4, -0.2) is 60.9 Å². The van der Waals surface area contributed by atoms with Gasteiger partial charge in [0.25, 0.3) is 0 Å². The summed E-state index contributed by atoms with van der Waals surface area (Å²) in [6.07, 6.45) is 1.56. The summed E-state index contributed by atoms with van der Waals surface area (Å²) in [7, 11) is 1.97. The van der Waals surface area contributed by atoms with Crippen LogP contribution in [0.4, 0.5) is 0 Å². The number of imide groups is 1. The highest BCUT2D eigenvalue weighted by Crippen LogP contribution is 2.14. The molecule has 2 amide bonds. The van der Waals surface area contributed by atoms with Crippen molar-refractivity contribution in [2.45, 2.75) is 39.7 Å². The minimum absolute atomic E-state index is 0.0887. The van der Waals surface area contributed by atoms with Crippen LogP contribution < -0.4 is 10.1 Å². The molecular formula is C20H30N4O3. The molecule has 1 fully saturated rings. The highest BCUT2D eigenvalue weighted by Gasteiger charge is 2.25. The standard InChI is InChI=1S/C20H30N4O3/c1-4-21-20(22-13-14-24-18(25)7-6-8-19(24)26)23(3)15-16-9-11-17(12-10-16)27-5-2/h9-12H,4-8,13-15H2,1-3H3,(H,21,22). The third kappa shape index (κ3) is 6.27. The Balaban J connectivity index is 1.94. The zero-order chi connectivity index (χ0) is 19.6. The summed E-state index contributed by atoms with van der Waals surface area (Å²) < 4.78 is 5.47. The van der Waals surface area contributed by atoms with E-state index in [1.807, 2.05) is 50.1 Å². The minimum atomic E-state index is -0.0887. The molecule has 148 valence electrons. The van der Waals surface area contributed by atoms with Crippen molar-refractivity contribution in [2.24, 2.45) is 4.99 Å². The maximum atomic E-state index is 11.9. The Labute approximate surface area is 161 Å². The van der Waals surface area contributed by atoms with Gasteiger partial charge in [-0.15, -0.1) is 0 Å². The molecule has 0 unspecified atom stereocenters. The van der Waals surface area contributed by atoms with Gasteiger partial charge in [0, 0.05) is 39.5 Å². The molecule has 1 aromatic rings. The third-order valence-electron chi connectivity index (χ3n) is 4.32. The number of guanidine groups is 1. The summed E-state index contributed by atoms with van der Waals surface area (Å²) >= 11 is 0. The monoisotopic (exact) mass is 374 g/mol. The first-order chi connectivity index (χ1) is 13.0. The van der Waals surface area contributed by atoms with Crippen molar-refractivity contribution in [3.63, 3.8) is 0 Å². The second kappa shape index (κ2) is 10.5. The molecule has 0 aliphatic carbocycles. The van der Waals surface area contributed by atoms with E-state index >= 15 is 0 Å². The van der Waals surface area contributed by atoms with Crippen molar-refractivity contribution in [2.75, 3.05) is 33.3 Å². The number of hydrogen-bond acceptors (Lipinski definition) is 4. The fraction of sp³-hybridized carbons (Fsp3) is 0.550. The van der Waals surface area contributed by atoms with E-state index in [2.05, 4.69) is 10.3 Å². The lowest BCUT2D eigenvalue weighted by molar-refractivity contribution is -0.147. The fourth-order valence-electron chi connectivity index (χ4n) is 2.98. The molecule has 0 spiro atoms. The van der Waals surface area contributed by atoms with Crippen LogP contribution in [0.3, 0.4) is 0 Å². The van der Waals surface area contributed by atoms with E-state index in [4.69, 9.17) is 4.74 Å². The van der Waals surface area contributed by atoms with Gasteiger partial charge >= 0.3 is 0 Å². The Morgan fingerprint density at radius 1 is 1.19 bits per heavy atom. The van der Waals surface area contributed by atoms with E-state index in [9.17, 15) is 9.59 Å². The van der Waals surface area contributed by atoms with Gasteiger partial charge in [0.1, 0.15) is 5.75 Å². The van der Waals surface area contributed by atoms with Crippen molar-refractivity contribution in [3.8, 4) is 5.75 Å². The molecular weight excluding hydrogens is 344 g/mol. The van der Waals surface area contributed by atoms with Gasteiger partial charge in [-0.05, 0) is 38.0 Å². The number of carbonyl (C=O) groups excluding carboxylic acids is 2. The number of nitrogens with zero attached hydrogens (tertiary/aromatic N) is 3. The number of hydrogen-bond donors (Lipinski definition) is 1. The van der Waals surface area contributed by atoms with Gasteiger partial charge in [0.2, 0.25) is 11.8 Å². The molecule has 1 aliphatic rings. The van der Waals surface area contributed by atoms with Crippen LogP contribution in [0.25, 0.3) is 0 Å². The normalized spacial score (nSPS) is 15.1. The fourth-order valence-corrected chi connectivity index (χ4v) is 2.98.